The van der Waals surface area contributed by atoms with Crippen molar-refractivity contribution < 1.29 is 27.9 Å². The SMILES string of the molecule is O=C(O)Cc1cnc2n1CCCN2C(=O)C(F)(F)F. The van der Waals surface area contributed by atoms with Crippen molar-refractivity contribution in [2.45, 2.75) is 25.6 Å². The van der Waals surface area contributed by atoms with E-state index < -0.39 is 18.1 Å². The molecule has 1 aromatic heterocycles. The number of anilines is 1. The van der Waals surface area contributed by atoms with Crippen molar-refractivity contribution in [1.29, 1.82) is 0 Å². The normalized spacial score (nSPS) is 15.2. The molecule has 0 bridgehead atoms. The van der Waals surface area contributed by atoms with E-state index in [-0.39, 0.29) is 24.6 Å². The van der Waals surface area contributed by atoms with Crippen LogP contribution in [0.5, 0.6) is 0 Å². The van der Waals surface area contributed by atoms with Gasteiger partial charge in [0, 0.05) is 13.1 Å². The number of carbonyl (C=O) groups is 2. The zero-order chi connectivity index (χ0) is 14.2. The number of imidazole rings is 1. The fraction of sp³-hybridized carbons (Fsp3) is 0.500. The van der Waals surface area contributed by atoms with Crippen LogP contribution in [-0.4, -0.2) is 39.3 Å². The summed E-state index contributed by atoms with van der Waals surface area (Å²) >= 11 is 0. The largest absolute Gasteiger partial charge is 0.481 e. The molecule has 0 spiro atoms. The molecule has 1 aliphatic rings. The van der Waals surface area contributed by atoms with Crippen LogP contribution in [0.15, 0.2) is 6.20 Å². The van der Waals surface area contributed by atoms with E-state index in [4.69, 9.17) is 5.11 Å². The van der Waals surface area contributed by atoms with Gasteiger partial charge in [0.2, 0.25) is 5.95 Å². The van der Waals surface area contributed by atoms with Crippen LogP contribution in [0.4, 0.5) is 19.1 Å². The highest BCUT2D eigenvalue weighted by atomic mass is 19.4. The van der Waals surface area contributed by atoms with Gasteiger partial charge in [-0.1, -0.05) is 0 Å². The summed E-state index contributed by atoms with van der Waals surface area (Å²) in [4.78, 5) is 26.1. The van der Waals surface area contributed by atoms with E-state index >= 15 is 0 Å². The summed E-state index contributed by atoms with van der Waals surface area (Å²) in [6.45, 7) is 0.265. The molecule has 19 heavy (non-hydrogen) atoms. The predicted octanol–water partition coefficient (Wildman–Crippen LogP) is 0.809. The minimum Gasteiger partial charge on any atom is -0.481 e. The second kappa shape index (κ2) is 4.56. The van der Waals surface area contributed by atoms with Gasteiger partial charge < -0.3 is 9.67 Å². The van der Waals surface area contributed by atoms with Gasteiger partial charge in [-0.25, -0.2) is 4.98 Å². The van der Waals surface area contributed by atoms with Crippen LogP contribution < -0.4 is 4.90 Å². The fourth-order valence-electron chi connectivity index (χ4n) is 1.99. The molecule has 2 heterocycles. The van der Waals surface area contributed by atoms with Crippen LogP contribution in [0, 0.1) is 0 Å². The highest BCUT2D eigenvalue weighted by molar-refractivity contribution is 5.96. The number of carboxylic acid groups (broad SMARTS) is 1. The van der Waals surface area contributed by atoms with Crippen molar-refractivity contribution in [1.82, 2.24) is 9.55 Å². The first-order valence-electron chi connectivity index (χ1n) is 5.45. The summed E-state index contributed by atoms with van der Waals surface area (Å²) in [6.07, 6.45) is -3.81. The molecule has 0 aromatic carbocycles. The number of carboxylic acids is 1. The maximum atomic E-state index is 12.4. The zero-order valence-corrected chi connectivity index (χ0v) is 9.65. The number of amides is 1. The Morgan fingerprint density at radius 3 is 2.63 bits per heavy atom. The van der Waals surface area contributed by atoms with E-state index in [2.05, 4.69) is 4.98 Å². The monoisotopic (exact) mass is 277 g/mol. The van der Waals surface area contributed by atoms with Crippen molar-refractivity contribution in [3.63, 3.8) is 0 Å². The summed E-state index contributed by atoms with van der Waals surface area (Å²) in [7, 11) is 0. The van der Waals surface area contributed by atoms with Gasteiger partial charge in [-0.05, 0) is 6.42 Å². The Labute approximate surface area is 105 Å². The highest BCUT2D eigenvalue weighted by Gasteiger charge is 2.45. The minimum absolute atomic E-state index is 0.0815. The van der Waals surface area contributed by atoms with E-state index in [0.29, 0.717) is 17.9 Å². The maximum absolute atomic E-state index is 12.4. The molecule has 104 valence electrons. The molecule has 2 rings (SSSR count). The highest BCUT2D eigenvalue weighted by Crippen LogP contribution is 2.27. The number of aromatic nitrogens is 2. The Morgan fingerprint density at radius 1 is 1.37 bits per heavy atom. The number of nitrogens with zero attached hydrogens (tertiary/aromatic N) is 3. The van der Waals surface area contributed by atoms with Crippen molar-refractivity contribution in [2.75, 3.05) is 11.4 Å². The van der Waals surface area contributed by atoms with E-state index in [1.165, 1.54) is 10.8 Å². The molecule has 0 atom stereocenters. The smallest absolute Gasteiger partial charge is 0.471 e. The van der Waals surface area contributed by atoms with Crippen LogP contribution in [0.25, 0.3) is 0 Å². The molecule has 0 saturated heterocycles. The van der Waals surface area contributed by atoms with Gasteiger partial charge in [0.25, 0.3) is 0 Å². The first-order chi connectivity index (χ1) is 8.80. The zero-order valence-electron chi connectivity index (χ0n) is 9.65. The number of hydrogen-bond donors (Lipinski definition) is 1. The molecule has 0 saturated carbocycles. The third-order valence-electron chi connectivity index (χ3n) is 2.74. The van der Waals surface area contributed by atoms with Gasteiger partial charge in [0.05, 0.1) is 18.3 Å². The van der Waals surface area contributed by atoms with E-state index in [1.807, 2.05) is 0 Å². The lowest BCUT2D eigenvalue weighted by atomic mass is 10.2. The first-order valence-corrected chi connectivity index (χ1v) is 5.45. The standard InChI is InChI=1S/C10H10F3N3O3/c11-10(12,13)8(19)16-3-1-2-15-6(4-7(17)18)5-14-9(15)16/h5H,1-4H2,(H,17,18). The van der Waals surface area contributed by atoms with E-state index in [9.17, 15) is 22.8 Å². The molecule has 0 radical (unpaired) electrons. The van der Waals surface area contributed by atoms with Crippen LogP contribution in [0.3, 0.4) is 0 Å². The lowest BCUT2D eigenvalue weighted by molar-refractivity contribution is -0.170. The van der Waals surface area contributed by atoms with Crippen LogP contribution in [0.1, 0.15) is 12.1 Å². The molecular weight excluding hydrogens is 267 g/mol. The predicted molar refractivity (Wildman–Crippen MR) is 56.6 cm³/mol. The Hall–Kier alpha value is -2.06. The number of rotatable bonds is 2. The van der Waals surface area contributed by atoms with Crippen molar-refractivity contribution in [3.8, 4) is 0 Å². The van der Waals surface area contributed by atoms with Gasteiger partial charge >= 0.3 is 18.1 Å². The van der Waals surface area contributed by atoms with Gasteiger partial charge in [-0.2, -0.15) is 13.2 Å². The molecule has 9 heteroatoms. The van der Waals surface area contributed by atoms with Crippen LogP contribution in [0.2, 0.25) is 0 Å². The molecule has 1 amide bonds. The Balaban J connectivity index is 2.33. The number of alkyl halides is 3. The molecule has 0 unspecified atom stereocenters. The van der Waals surface area contributed by atoms with Crippen molar-refractivity contribution >= 4 is 17.8 Å². The summed E-state index contributed by atoms with van der Waals surface area (Å²) in [5, 5.41) is 8.69. The van der Waals surface area contributed by atoms with E-state index in [0.717, 1.165) is 0 Å². The molecule has 0 fully saturated rings. The van der Waals surface area contributed by atoms with Crippen molar-refractivity contribution in [2.24, 2.45) is 0 Å². The summed E-state index contributed by atoms with van der Waals surface area (Å²) in [6, 6.07) is 0. The van der Waals surface area contributed by atoms with Gasteiger partial charge in [0.1, 0.15) is 0 Å². The topological polar surface area (TPSA) is 75.4 Å². The second-order valence-corrected chi connectivity index (χ2v) is 4.08. The maximum Gasteiger partial charge on any atom is 0.471 e. The number of fused-ring (bicyclic) bond motifs is 1. The lowest BCUT2D eigenvalue weighted by Gasteiger charge is -2.28. The number of aliphatic carboxylic acids is 1. The third kappa shape index (κ3) is 2.54. The molecule has 1 aromatic rings. The Bertz CT molecular complexity index is 524. The van der Waals surface area contributed by atoms with Crippen molar-refractivity contribution in [3.05, 3.63) is 11.9 Å². The molecular formula is C10H10F3N3O3. The lowest BCUT2D eigenvalue weighted by Crippen LogP contribution is -2.45. The molecule has 1 N–H and O–H groups in total. The quantitative estimate of drug-likeness (QED) is 0.868. The fourth-order valence-corrected chi connectivity index (χ4v) is 1.99. The molecule has 6 nitrogen and oxygen atoms in total. The molecule has 0 aliphatic carbocycles. The third-order valence-corrected chi connectivity index (χ3v) is 2.74. The number of hydrogen-bond acceptors (Lipinski definition) is 3. The number of halogens is 3. The van der Waals surface area contributed by atoms with Gasteiger partial charge in [-0.15, -0.1) is 0 Å². The Kier molecular flexibility index (Phi) is 3.21. The van der Waals surface area contributed by atoms with Gasteiger partial charge in [0.15, 0.2) is 0 Å². The van der Waals surface area contributed by atoms with Crippen LogP contribution >= 0.6 is 0 Å². The second-order valence-electron chi connectivity index (χ2n) is 4.08. The first kappa shape index (κ1) is 13.4. The Morgan fingerprint density at radius 2 is 2.05 bits per heavy atom. The molecule has 1 aliphatic heterocycles. The minimum atomic E-state index is -4.97. The van der Waals surface area contributed by atoms with E-state index in [1.54, 1.807) is 0 Å². The number of carbonyl (C=O) groups excluding carboxylic acids is 1. The summed E-state index contributed by atoms with van der Waals surface area (Å²) in [5.41, 5.74) is 0.280. The van der Waals surface area contributed by atoms with Gasteiger partial charge in [-0.3, -0.25) is 14.5 Å². The van der Waals surface area contributed by atoms with Crippen LogP contribution in [-0.2, 0) is 22.6 Å². The summed E-state index contributed by atoms with van der Waals surface area (Å²) < 4.78 is 38.6. The average Bonchev–Trinajstić information content (AvgIpc) is 2.69. The average molecular weight is 277 g/mol. The summed E-state index contributed by atoms with van der Waals surface area (Å²) in [5.74, 6) is -3.24.